The van der Waals surface area contributed by atoms with E-state index in [1.54, 1.807) is 23.3 Å². The summed E-state index contributed by atoms with van der Waals surface area (Å²) in [5.41, 5.74) is 5.93. The van der Waals surface area contributed by atoms with Crippen LogP contribution in [0.5, 0.6) is 0 Å². The first-order valence-electron chi connectivity index (χ1n) is 7.82. The second-order valence-electron chi connectivity index (χ2n) is 5.70. The van der Waals surface area contributed by atoms with Gasteiger partial charge in [0, 0.05) is 31.5 Å². The third-order valence-corrected chi connectivity index (χ3v) is 4.17. The average Bonchev–Trinajstić information content (AvgIpc) is 3.26. The largest absolute Gasteiger partial charge is 0.363 e. The Hall–Kier alpha value is -3.17. The third-order valence-electron chi connectivity index (χ3n) is 3.89. The quantitative estimate of drug-likeness (QED) is 0.365. The van der Waals surface area contributed by atoms with Gasteiger partial charge in [0.1, 0.15) is 10.8 Å². The molecule has 0 aliphatic carbocycles. The van der Waals surface area contributed by atoms with Crippen LogP contribution in [0.3, 0.4) is 0 Å². The van der Waals surface area contributed by atoms with Crippen molar-refractivity contribution in [1.82, 2.24) is 29.1 Å². The molecule has 0 saturated carbocycles. The van der Waals surface area contributed by atoms with Crippen molar-refractivity contribution in [3.8, 4) is 11.3 Å². The highest BCUT2D eigenvalue weighted by atomic mass is 35.5. The lowest BCUT2D eigenvalue weighted by Crippen LogP contribution is -2.13. The lowest BCUT2D eigenvalue weighted by Gasteiger charge is -2.11. The SMILES string of the molecule is Cn1cc(-c2cnc(NN)c(NCc3ccc4ncc(Cl)n4c3)n2)cn1. The van der Waals surface area contributed by atoms with Gasteiger partial charge in [-0.05, 0) is 11.6 Å². The van der Waals surface area contributed by atoms with Crippen molar-refractivity contribution in [1.29, 1.82) is 0 Å². The van der Waals surface area contributed by atoms with E-state index in [1.165, 1.54) is 0 Å². The minimum Gasteiger partial charge on any atom is -0.363 e. The van der Waals surface area contributed by atoms with Gasteiger partial charge in [0.05, 0.1) is 24.3 Å². The maximum Gasteiger partial charge on any atom is 0.183 e. The fourth-order valence-corrected chi connectivity index (χ4v) is 2.78. The van der Waals surface area contributed by atoms with E-state index in [1.807, 2.05) is 36.0 Å². The van der Waals surface area contributed by atoms with Gasteiger partial charge >= 0.3 is 0 Å². The van der Waals surface area contributed by atoms with Gasteiger partial charge in [-0.25, -0.2) is 20.8 Å². The maximum absolute atomic E-state index is 6.12. The number of pyridine rings is 1. The minimum absolute atomic E-state index is 0.458. The molecule has 4 N–H and O–H groups in total. The number of hydrogen-bond acceptors (Lipinski definition) is 7. The van der Waals surface area contributed by atoms with Crippen molar-refractivity contribution < 1.29 is 0 Å². The second kappa shape index (κ2) is 6.62. The molecule has 9 nitrogen and oxygen atoms in total. The molecule has 0 spiro atoms. The zero-order valence-corrected chi connectivity index (χ0v) is 14.6. The van der Waals surface area contributed by atoms with E-state index >= 15 is 0 Å². The third kappa shape index (κ3) is 3.05. The smallest absolute Gasteiger partial charge is 0.183 e. The molecule has 0 aliphatic rings. The summed E-state index contributed by atoms with van der Waals surface area (Å²) in [6.07, 6.45) is 8.80. The van der Waals surface area contributed by atoms with Crippen molar-refractivity contribution in [2.24, 2.45) is 12.9 Å². The van der Waals surface area contributed by atoms with Crippen molar-refractivity contribution in [2.45, 2.75) is 6.54 Å². The van der Waals surface area contributed by atoms with E-state index in [0.29, 0.717) is 29.0 Å². The summed E-state index contributed by atoms with van der Waals surface area (Å²) in [4.78, 5) is 13.1. The molecule has 0 fully saturated rings. The van der Waals surface area contributed by atoms with Crippen LogP contribution in [0, 0.1) is 0 Å². The molecule has 0 aliphatic heterocycles. The number of halogens is 1. The number of aromatic nitrogens is 6. The highest BCUT2D eigenvalue weighted by Crippen LogP contribution is 2.22. The van der Waals surface area contributed by atoms with Crippen molar-refractivity contribution >= 4 is 28.9 Å². The van der Waals surface area contributed by atoms with Gasteiger partial charge in [-0.1, -0.05) is 17.7 Å². The van der Waals surface area contributed by atoms with Gasteiger partial charge in [-0.15, -0.1) is 0 Å². The molecule has 0 atom stereocenters. The van der Waals surface area contributed by atoms with Crippen LogP contribution in [0.15, 0.2) is 43.1 Å². The first-order valence-corrected chi connectivity index (χ1v) is 8.20. The summed E-state index contributed by atoms with van der Waals surface area (Å²) >= 11 is 6.12. The van der Waals surface area contributed by atoms with Crippen molar-refractivity contribution in [3.05, 3.63) is 53.8 Å². The van der Waals surface area contributed by atoms with Gasteiger partial charge in [0.15, 0.2) is 11.6 Å². The molecule has 0 unspecified atom stereocenters. The standard InChI is InChI=1S/C16H16ClN9/c1-25-9-11(5-22-25)12-6-21-16(24-18)15(23-12)20-4-10-2-3-14-19-7-13(17)26(14)8-10/h2-3,5-9H,4,18H2,1H3,(H,20,23)(H,21,24). The predicted molar refractivity (Wildman–Crippen MR) is 99.6 cm³/mol. The molecule has 4 rings (SSSR count). The highest BCUT2D eigenvalue weighted by Gasteiger charge is 2.10. The normalized spacial score (nSPS) is 11.0. The molecule has 4 aromatic rings. The molecule has 0 aromatic carbocycles. The minimum atomic E-state index is 0.458. The summed E-state index contributed by atoms with van der Waals surface area (Å²) in [5.74, 6) is 6.56. The highest BCUT2D eigenvalue weighted by molar-refractivity contribution is 6.29. The van der Waals surface area contributed by atoms with Gasteiger partial charge in [-0.2, -0.15) is 5.10 Å². The van der Waals surface area contributed by atoms with Crippen LogP contribution >= 0.6 is 11.6 Å². The zero-order valence-electron chi connectivity index (χ0n) is 13.9. The van der Waals surface area contributed by atoms with E-state index in [9.17, 15) is 0 Å². The number of nitrogens with one attached hydrogen (secondary N) is 2. The monoisotopic (exact) mass is 369 g/mol. The van der Waals surface area contributed by atoms with Crippen LogP contribution in [0.1, 0.15) is 5.56 Å². The molecule has 4 aromatic heterocycles. The number of rotatable bonds is 5. The summed E-state index contributed by atoms with van der Waals surface area (Å²) < 4.78 is 3.53. The van der Waals surface area contributed by atoms with Crippen LogP contribution < -0.4 is 16.6 Å². The van der Waals surface area contributed by atoms with E-state index in [0.717, 1.165) is 16.8 Å². The number of anilines is 2. The Balaban J connectivity index is 1.60. The van der Waals surface area contributed by atoms with Gasteiger partial charge in [-0.3, -0.25) is 9.08 Å². The lowest BCUT2D eigenvalue weighted by atomic mass is 10.2. The maximum atomic E-state index is 6.12. The number of hydrogen-bond donors (Lipinski definition) is 3. The summed E-state index contributed by atoms with van der Waals surface area (Å²) in [6, 6.07) is 3.88. The summed E-state index contributed by atoms with van der Waals surface area (Å²) in [6.45, 7) is 0.518. The van der Waals surface area contributed by atoms with Crippen LogP contribution in [0.25, 0.3) is 16.9 Å². The lowest BCUT2D eigenvalue weighted by molar-refractivity contribution is 0.768. The fraction of sp³-hybridized carbons (Fsp3) is 0.125. The molecule has 0 saturated heterocycles. The molecular formula is C16H16ClN9. The summed E-state index contributed by atoms with van der Waals surface area (Å²) in [5, 5.41) is 7.97. The van der Waals surface area contributed by atoms with Crippen LogP contribution in [0.2, 0.25) is 5.15 Å². The molecule has 26 heavy (non-hydrogen) atoms. The Morgan fingerprint density at radius 3 is 2.77 bits per heavy atom. The van der Waals surface area contributed by atoms with Crippen LogP contribution in [-0.2, 0) is 13.6 Å². The van der Waals surface area contributed by atoms with E-state index < -0.39 is 0 Å². The molecule has 4 heterocycles. The van der Waals surface area contributed by atoms with Crippen LogP contribution in [-0.4, -0.2) is 29.1 Å². The number of nitrogens with two attached hydrogens (primary N) is 1. The molecule has 0 amide bonds. The van der Waals surface area contributed by atoms with Crippen molar-refractivity contribution in [3.63, 3.8) is 0 Å². The van der Waals surface area contributed by atoms with E-state index in [4.69, 9.17) is 17.4 Å². The molecule has 0 bridgehead atoms. The first kappa shape index (κ1) is 16.3. The molecule has 10 heteroatoms. The number of hydrazine groups is 1. The number of fused-ring (bicyclic) bond motifs is 1. The molecular weight excluding hydrogens is 354 g/mol. The number of aryl methyl sites for hydroxylation is 1. The first-order chi connectivity index (χ1) is 12.6. The Bertz CT molecular complexity index is 1070. The zero-order chi connectivity index (χ0) is 18.1. The Kier molecular flexibility index (Phi) is 4.15. The number of nitrogens with zero attached hydrogens (tertiary/aromatic N) is 6. The van der Waals surface area contributed by atoms with Gasteiger partial charge in [0.25, 0.3) is 0 Å². The Morgan fingerprint density at radius 2 is 2.00 bits per heavy atom. The van der Waals surface area contributed by atoms with Crippen molar-refractivity contribution in [2.75, 3.05) is 10.7 Å². The molecule has 132 valence electrons. The van der Waals surface area contributed by atoms with E-state index in [2.05, 4.69) is 30.8 Å². The molecule has 0 radical (unpaired) electrons. The number of nitrogen functional groups attached to an aromatic ring is 1. The topological polar surface area (TPSA) is 111 Å². The van der Waals surface area contributed by atoms with Crippen LogP contribution in [0.4, 0.5) is 11.6 Å². The van der Waals surface area contributed by atoms with Gasteiger partial charge < -0.3 is 10.7 Å². The van der Waals surface area contributed by atoms with Gasteiger partial charge in [0.2, 0.25) is 0 Å². The average molecular weight is 370 g/mol. The predicted octanol–water partition coefficient (Wildman–Crippen LogP) is 2.08. The summed E-state index contributed by atoms with van der Waals surface area (Å²) in [7, 11) is 1.85. The number of imidazole rings is 1. The van der Waals surface area contributed by atoms with E-state index in [-0.39, 0.29) is 0 Å². The Morgan fingerprint density at radius 1 is 1.12 bits per heavy atom. The second-order valence-corrected chi connectivity index (χ2v) is 6.09. The fourth-order valence-electron chi connectivity index (χ4n) is 2.60. The Labute approximate surface area is 153 Å².